The lowest BCUT2D eigenvalue weighted by atomic mass is 9.98. The molecule has 3 aromatic heterocycles. The highest BCUT2D eigenvalue weighted by Gasteiger charge is 2.15. The molecule has 4 aromatic rings. The van der Waals surface area contributed by atoms with Crippen molar-refractivity contribution in [3.63, 3.8) is 0 Å². The SMILES string of the molecule is Cc1c(C#N)cccc1[C@@H](C)Nc1nnc(C)c2cnc(-c3ccc(=O)n(C)c3)cc12. The highest BCUT2D eigenvalue weighted by atomic mass is 16.1. The third-order valence-electron chi connectivity index (χ3n) is 5.55. The third-order valence-corrected chi connectivity index (χ3v) is 5.55. The molecule has 0 aliphatic heterocycles. The number of nitrogens with one attached hydrogen (secondary N) is 1. The molecule has 31 heavy (non-hydrogen) atoms. The topological polar surface area (TPSA) is 96.5 Å². The molecule has 0 radical (unpaired) electrons. The monoisotopic (exact) mass is 410 g/mol. The highest BCUT2D eigenvalue weighted by Crippen LogP contribution is 2.30. The quantitative estimate of drug-likeness (QED) is 0.545. The summed E-state index contributed by atoms with van der Waals surface area (Å²) in [5, 5.41) is 23.3. The van der Waals surface area contributed by atoms with Crippen LogP contribution in [0.3, 0.4) is 0 Å². The minimum absolute atomic E-state index is 0.0719. The zero-order chi connectivity index (χ0) is 22.1. The number of benzene rings is 1. The average molecular weight is 410 g/mol. The smallest absolute Gasteiger partial charge is 0.250 e. The molecule has 3 heterocycles. The van der Waals surface area contributed by atoms with Crippen LogP contribution in [0.25, 0.3) is 22.0 Å². The molecule has 1 atom stereocenters. The molecule has 7 heteroatoms. The lowest BCUT2D eigenvalue weighted by molar-refractivity contribution is 0.852. The fourth-order valence-electron chi connectivity index (χ4n) is 3.71. The van der Waals surface area contributed by atoms with Crippen LogP contribution in [0.15, 0.2) is 53.6 Å². The summed E-state index contributed by atoms with van der Waals surface area (Å²) in [5.74, 6) is 0.642. The van der Waals surface area contributed by atoms with Gasteiger partial charge in [0.1, 0.15) is 0 Å². The maximum atomic E-state index is 11.7. The second-order valence-corrected chi connectivity index (χ2v) is 7.61. The molecule has 0 spiro atoms. The second kappa shape index (κ2) is 8.00. The van der Waals surface area contributed by atoms with Crippen LogP contribution in [0.1, 0.15) is 35.3 Å². The van der Waals surface area contributed by atoms with Crippen LogP contribution in [0, 0.1) is 25.2 Å². The van der Waals surface area contributed by atoms with Crippen LogP contribution in [-0.2, 0) is 7.05 Å². The molecular formula is C24H22N6O. The summed E-state index contributed by atoms with van der Waals surface area (Å²) >= 11 is 0. The van der Waals surface area contributed by atoms with Gasteiger partial charge in [-0.3, -0.25) is 9.78 Å². The molecule has 1 N–H and O–H groups in total. The number of rotatable bonds is 4. The van der Waals surface area contributed by atoms with E-state index in [2.05, 4.69) is 26.6 Å². The Hall–Kier alpha value is -4.05. The molecule has 1 aromatic carbocycles. The summed E-state index contributed by atoms with van der Waals surface area (Å²) in [6.45, 7) is 5.88. The van der Waals surface area contributed by atoms with E-state index >= 15 is 0 Å². The molecule has 0 bridgehead atoms. The number of aryl methyl sites for hydroxylation is 2. The number of hydrogen-bond donors (Lipinski definition) is 1. The van der Waals surface area contributed by atoms with E-state index in [0.29, 0.717) is 11.4 Å². The maximum Gasteiger partial charge on any atom is 0.250 e. The molecule has 0 saturated carbocycles. The van der Waals surface area contributed by atoms with Gasteiger partial charge in [0, 0.05) is 41.8 Å². The lowest BCUT2D eigenvalue weighted by Crippen LogP contribution is -2.14. The van der Waals surface area contributed by atoms with Gasteiger partial charge in [-0.05, 0) is 50.1 Å². The van der Waals surface area contributed by atoms with Crippen LogP contribution < -0.4 is 10.9 Å². The molecule has 0 aliphatic rings. The summed E-state index contributed by atoms with van der Waals surface area (Å²) in [7, 11) is 1.72. The van der Waals surface area contributed by atoms with Gasteiger partial charge in [-0.25, -0.2) is 0 Å². The Morgan fingerprint density at radius 2 is 1.94 bits per heavy atom. The zero-order valence-electron chi connectivity index (χ0n) is 17.8. The van der Waals surface area contributed by atoms with E-state index in [0.717, 1.165) is 38.9 Å². The van der Waals surface area contributed by atoms with Crippen molar-refractivity contribution in [1.29, 1.82) is 5.26 Å². The highest BCUT2D eigenvalue weighted by molar-refractivity contribution is 5.94. The van der Waals surface area contributed by atoms with E-state index in [1.807, 2.05) is 45.0 Å². The van der Waals surface area contributed by atoms with Crippen molar-refractivity contribution >= 4 is 16.6 Å². The second-order valence-electron chi connectivity index (χ2n) is 7.61. The Morgan fingerprint density at radius 1 is 1.13 bits per heavy atom. The Labute approximate surface area is 180 Å². The molecule has 154 valence electrons. The van der Waals surface area contributed by atoms with Crippen molar-refractivity contribution in [2.45, 2.75) is 26.8 Å². The first kappa shape index (κ1) is 20.2. The van der Waals surface area contributed by atoms with Gasteiger partial charge >= 0.3 is 0 Å². The van der Waals surface area contributed by atoms with Gasteiger partial charge < -0.3 is 9.88 Å². The summed E-state index contributed by atoms with van der Waals surface area (Å²) in [4.78, 5) is 16.3. The molecule has 4 rings (SSSR count). The molecule has 0 unspecified atom stereocenters. The van der Waals surface area contributed by atoms with Crippen molar-refractivity contribution in [3.8, 4) is 17.3 Å². The molecular weight excluding hydrogens is 388 g/mol. The summed E-state index contributed by atoms with van der Waals surface area (Å²) in [6.07, 6.45) is 3.56. The van der Waals surface area contributed by atoms with E-state index in [1.165, 1.54) is 10.6 Å². The van der Waals surface area contributed by atoms with Gasteiger partial charge in [-0.1, -0.05) is 12.1 Å². The van der Waals surface area contributed by atoms with Crippen LogP contribution in [-0.4, -0.2) is 19.7 Å². The van der Waals surface area contributed by atoms with Crippen LogP contribution in [0.5, 0.6) is 0 Å². The van der Waals surface area contributed by atoms with E-state index in [1.54, 1.807) is 25.5 Å². The largest absolute Gasteiger partial charge is 0.362 e. The van der Waals surface area contributed by atoms with Crippen LogP contribution >= 0.6 is 0 Å². The molecule has 7 nitrogen and oxygen atoms in total. The number of hydrogen-bond acceptors (Lipinski definition) is 6. The zero-order valence-corrected chi connectivity index (χ0v) is 17.8. The first-order valence-corrected chi connectivity index (χ1v) is 9.95. The third kappa shape index (κ3) is 3.76. The Kier molecular flexibility index (Phi) is 5.22. The Balaban J connectivity index is 1.79. The van der Waals surface area contributed by atoms with Gasteiger partial charge in [0.2, 0.25) is 5.56 Å². The standard InChI is InChI=1S/C24H22N6O/c1-14-17(11-25)6-5-7-19(14)15(2)27-24-20-10-22(18-8-9-23(31)30(4)13-18)26-12-21(20)16(3)28-29-24/h5-10,12-13,15H,1-4H3,(H,27,29)/t15-/m1/s1. The van der Waals surface area contributed by atoms with E-state index in [-0.39, 0.29) is 11.6 Å². The first-order valence-electron chi connectivity index (χ1n) is 9.95. The molecule has 0 saturated heterocycles. The van der Waals surface area contributed by atoms with Crippen molar-refractivity contribution in [2.75, 3.05) is 5.32 Å². The number of anilines is 1. The predicted molar refractivity (Wildman–Crippen MR) is 121 cm³/mol. The van der Waals surface area contributed by atoms with Crippen LogP contribution in [0.2, 0.25) is 0 Å². The minimum Gasteiger partial charge on any atom is -0.362 e. The maximum absolute atomic E-state index is 11.7. The van der Waals surface area contributed by atoms with Gasteiger partial charge in [0.05, 0.1) is 29.1 Å². The van der Waals surface area contributed by atoms with Gasteiger partial charge in [0.15, 0.2) is 5.82 Å². The van der Waals surface area contributed by atoms with Gasteiger partial charge in [-0.2, -0.15) is 10.4 Å². The molecule has 0 fully saturated rings. The number of pyridine rings is 2. The summed E-state index contributed by atoms with van der Waals surface area (Å²) in [5.41, 5.74) is 4.94. The number of nitrogens with zero attached hydrogens (tertiary/aromatic N) is 5. The summed E-state index contributed by atoms with van der Waals surface area (Å²) in [6, 6.07) is 13.1. The normalized spacial score (nSPS) is 11.8. The van der Waals surface area contributed by atoms with E-state index < -0.39 is 0 Å². The number of fused-ring (bicyclic) bond motifs is 1. The van der Waals surface area contributed by atoms with Crippen molar-refractivity contribution in [3.05, 3.63) is 81.5 Å². The van der Waals surface area contributed by atoms with Gasteiger partial charge in [0.25, 0.3) is 0 Å². The summed E-state index contributed by atoms with van der Waals surface area (Å²) < 4.78 is 1.53. The first-order chi connectivity index (χ1) is 14.9. The molecule has 0 amide bonds. The predicted octanol–water partition coefficient (Wildman–Crippen LogP) is 4.05. The lowest BCUT2D eigenvalue weighted by Gasteiger charge is -2.19. The minimum atomic E-state index is -0.0809. The Bertz CT molecular complexity index is 1400. The van der Waals surface area contributed by atoms with E-state index in [4.69, 9.17) is 0 Å². The number of nitriles is 1. The van der Waals surface area contributed by atoms with Crippen molar-refractivity contribution in [2.24, 2.45) is 7.05 Å². The number of aromatic nitrogens is 4. The van der Waals surface area contributed by atoms with Crippen molar-refractivity contribution < 1.29 is 0 Å². The fraction of sp³-hybridized carbons (Fsp3) is 0.208. The molecule has 0 aliphatic carbocycles. The van der Waals surface area contributed by atoms with E-state index in [9.17, 15) is 10.1 Å². The average Bonchev–Trinajstić information content (AvgIpc) is 2.77. The Morgan fingerprint density at radius 3 is 2.68 bits per heavy atom. The van der Waals surface area contributed by atoms with Crippen molar-refractivity contribution in [1.82, 2.24) is 19.7 Å². The van der Waals surface area contributed by atoms with Gasteiger partial charge in [-0.15, -0.1) is 5.10 Å². The fourth-order valence-corrected chi connectivity index (χ4v) is 3.71. The van der Waals surface area contributed by atoms with Crippen LogP contribution in [0.4, 0.5) is 5.82 Å².